The lowest BCUT2D eigenvalue weighted by molar-refractivity contribution is -0.138. The van der Waals surface area contributed by atoms with Gasteiger partial charge < -0.3 is 10.4 Å². The van der Waals surface area contributed by atoms with Crippen molar-refractivity contribution >= 4 is 23.6 Å². The fourth-order valence-corrected chi connectivity index (χ4v) is 1.87. The highest BCUT2D eigenvalue weighted by atomic mass is 32.2. The Bertz CT molecular complexity index is 490. The number of carboxylic acids is 1. The molecule has 1 amide bonds. The van der Waals surface area contributed by atoms with Crippen LogP contribution >= 0.6 is 11.8 Å². The molecule has 104 valence electrons. The Kier molecular flexibility index (Phi) is 4.82. The van der Waals surface area contributed by atoms with Gasteiger partial charge in [0.2, 0.25) is 0 Å². The van der Waals surface area contributed by atoms with Crippen molar-refractivity contribution in [3.63, 3.8) is 0 Å². The third-order valence-electron chi connectivity index (χ3n) is 2.08. The first-order valence-corrected chi connectivity index (χ1v) is 5.91. The summed E-state index contributed by atoms with van der Waals surface area (Å²) in [5, 5.41) is 10.7. The molecule has 1 aromatic rings. The number of halogens is 3. The van der Waals surface area contributed by atoms with Crippen LogP contribution in [0.2, 0.25) is 0 Å². The van der Waals surface area contributed by atoms with E-state index in [1.165, 1.54) is 25.1 Å². The lowest BCUT2D eigenvalue weighted by atomic mass is 10.2. The topological polar surface area (TPSA) is 66.4 Å². The first kappa shape index (κ1) is 15.4. The van der Waals surface area contributed by atoms with Gasteiger partial charge in [-0.1, -0.05) is 12.1 Å². The molecule has 8 heteroatoms. The lowest BCUT2D eigenvalue weighted by Gasteiger charge is -2.13. The minimum absolute atomic E-state index is 0.210. The van der Waals surface area contributed by atoms with Gasteiger partial charge in [0.15, 0.2) is 0 Å². The second-order valence-corrected chi connectivity index (χ2v) is 4.68. The van der Waals surface area contributed by atoms with Gasteiger partial charge in [-0.2, -0.15) is 13.2 Å². The van der Waals surface area contributed by atoms with Gasteiger partial charge in [-0.05, 0) is 30.8 Å². The number of carbonyl (C=O) groups is 2. The zero-order chi connectivity index (χ0) is 14.6. The van der Waals surface area contributed by atoms with Gasteiger partial charge in [0.1, 0.15) is 6.04 Å². The van der Waals surface area contributed by atoms with Crippen molar-refractivity contribution in [1.29, 1.82) is 0 Å². The van der Waals surface area contributed by atoms with Crippen LogP contribution in [0.15, 0.2) is 29.2 Å². The molecular formula is C11H10F3NO3S. The molecule has 0 unspecified atom stereocenters. The van der Waals surface area contributed by atoms with Crippen LogP contribution in [-0.2, 0) is 4.79 Å². The van der Waals surface area contributed by atoms with E-state index in [0.717, 1.165) is 6.07 Å². The molecule has 0 spiro atoms. The number of hydrogen-bond acceptors (Lipinski definition) is 3. The van der Waals surface area contributed by atoms with E-state index < -0.39 is 35.2 Å². The normalized spacial score (nSPS) is 12.8. The number of nitrogens with one attached hydrogen (secondary N) is 1. The predicted molar refractivity (Wildman–Crippen MR) is 62.9 cm³/mol. The summed E-state index contributed by atoms with van der Waals surface area (Å²) in [4.78, 5) is 22.0. The van der Waals surface area contributed by atoms with E-state index in [0.29, 0.717) is 0 Å². The molecule has 0 fully saturated rings. The summed E-state index contributed by atoms with van der Waals surface area (Å²) < 4.78 is 36.9. The van der Waals surface area contributed by atoms with E-state index in [-0.39, 0.29) is 10.5 Å². The number of amides is 1. The van der Waals surface area contributed by atoms with Gasteiger partial charge in [-0.15, -0.1) is 0 Å². The molecule has 0 aromatic heterocycles. The SMILES string of the molecule is C[C@@H](NC(=O)c1ccccc1SC(F)(F)F)C(=O)O. The largest absolute Gasteiger partial charge is 0.480 e. The van der Waals surface area contributed by atoms with E-state index in [2.05, 4.69) is 5.32 Å². The number of aliphatic carboxylic acids is 1. The quantitative estimate of drug-likeness (QED) is 0.837. The second-order valence-electron chi connectivity index (χ2n) is 3.58. The molecule has 1 rings (SSSR count). The first-order valence-electron chi connectivity index (χ1n) is 5.09. The summed E-state index contributed by atoms with van der Waals surface area (Å²) in [5.74, 6) is -2.13. The Balaban J connectivity index is 2.94. The standard InChI is InChI=1S/C11H10F3NO3S/c1-6(10(17)18)15-9(16)7-4-2-3-5-8(7)19-11(12,13)14/h2-6H,1H3,(H,15,16)(H,17,18)/t6-/m1/s1. The van der Waals surface area contributed by atoms with Crippen LogP contribution in [-0.4, -0.2) is 28.5 Å². The Morgan fingerprint density at radius 2 is 1.89 bits per heavy atom. The highest BCUT2D eigenvalue weighted by molar-refractivity contribution is 8.00. The van der Waals surface area contributed by atoms with Crippen molar-refractivity contribution in [2.24, 2.45) is 0 Å². The molecule has 0 radical (unpaired) electrons. The van der Waals surface area contributed by atoms with Crippen LogP contribution in [0.3, 0.4) is 0 Å². The van der Waals surface area contributed by atoms with Crippen LogP contribution in [0, 0.1) is 0 Å². The van der Waals surface area contributed by atoms with Crippen LogP contribution < -0.4 is 5.32 Å². The molecule has 1 atom stereocenters. The summed E-state index contributed by atoms with van der Waals surface area (Å²) in [6, 6.07) is 3.94. The Morgan fingerprint density at radius 3 is 2.42 bits per heavy atom. The van der Waals surface area contributed by atoms with Crippen molar-refractivity contribution in [2.75, 3.05) is 0 Å². The summed E-state index contributed by atoms with van der Waals surface area (Å²) in [6.07, 6.45) is 0. The van der Waals surface area contributed by atoms with Crippen molar-refractivity contribution in [3.8, 4) is 0 Å². The maximum absolute atomic E-state index is 12.3. The van der Waals surface area contributed by atoms with E-state index in [1.54, 1.807) is 0 Å². The fraction of sp³-hybridized carbons (Fsp3) is 0.273. The lowest BCUT2D eigenvalue weighted by Crippen LogP contribution is -2.38. The summed E-state index contributed by atoms with van der Waals surface area (Å²) in [5.41, 5.74) is -4.73. The fourth-order valence-electron chi connectivity index (χ4n) is 1.20. The molecular weight excluding hydrogens is 283 g/mol. The maximum Gasteiger partial charge on any atom is 0.446 e. The zero-order valence-corrected chi connectivity index (χ0v) is 10.5. The zero-order valence-electron chi connectivity index (χ0n) is 9.69. The first-order chi connectivity index (χ1) is 8.70. The van der Waals surface area contributed by atoms with E-state index >= 15 is 0 Å². The van der Waals surface area contributed by atoms with Crippen molar-refractivity contribution in [3.05, 3.63) is 29.8 Å². The highest BCUT2D eigenvalue weighted by Crippen LogP contribution is 2.38. The van der Waals surface area contributed by atoms with Crippen LogP contribution in [0.25, 0.3) is 0 Å². The number of rotatable bonds is 4. The molecule has 0 saturated heterocycles. The molecule has 19 heavy (non-hydrogen) atoms. The second kappa shape index (κ2) is 5.96. The molecule has 2 N–H and O–H groups in total. The van der Waals surface area contributed by atoms with Gasteiger partial charge in [0, 0.05) is 4.90 Å². The maximum atomic E-state index is 12.3. The summed E-state index contributed by atoms with van der Waals surface area (Å²) >= 11 is -0.417. The average Bonchev–Trinajstić information content (AvgIpc) is 2.27. The molecule has 0 heterocycles. The number of thioether (sulfide) groups is 1. The van der Waals surface area contributed by atoms with Crippen molar-refractivity contribution in [2.45, 2.75) is 23.4 Å². The average molecular weight is 293 g/mol. The van der Waals surface area contributed by atoms with E-state index in [4.69, 9.17) is 5.11 Å². The minimum Gasteiger partial charge on any atom is -0.480 e. The summed E-state index contributed by atoms with van der Waals surface area (Å²) in [6.45, 7) is 1.22. The van der Waals surface area contributed by atoms with Crippen LogP contribution in [0.5, 0.6) is 0 Å². The Labute approximate surface area is 111 Å². The van der Waals surface area contributed by atoms with Crippen molar-refractivity contribution < 1.29 is 27.9 Å². The Hall–Kier alpha value is -1.70. The third-order valence-corrected chi connectivity index (χ3v) is 2.88. The van der Waals surface area contributed by atoms with E-state index in [1.807, 2.05) is 0 Å². The number of carboxylic acid groups (broad SMARTS) is 1. The molecule has 1 aromatic carbocycles. The summed E-state index contributed by atoms with van der Waals surface area (Å²) in [7, 11) is 0. The van der Waals surface area contributed by atoms with E-state index in [9.17, 15) is 22.8 Å². The molecule has 0 aliphatic carbocycles. The molecule has 0 aliphatic rings. The number of alkyl halides is 3. The molecule has 0 bridgehead atoms. The van der Waals surface area contributed by atoms with Crippen molar-refractivity contribution in [1.82, 2.24) is 5.32 Å². The van der Waals surface area contributed by atoms with Crippen LogP contribution in [0.1, 0.15) is 17.3 Å². The highest BCUT2D eigenvalue weighted by Gasteiger charge is 2.31. The minimum atomic E-state index is -4.52. The number of carbonyl (C=O) groups excluding carboxylic acids is 1. The molecule has 0 aliphatic heterocycles. The number of hydrogen-bond donors (Lipinski definition) is 2. The van der Waals surface area contributed by atoms with Crippen LogP contribution in [0.4, 0.5) is 13.2 Å². The van der Waals surface area contributed by atoms with Gasteiger partial charge in [-0.25, -0.2) is 0 Å². The Morgan fingerprint density at radius 1 is 1.32 bits per heavy atom. The predicted octanol–water partition coefficient (Wildman–Crippen LogP) is 2.50. The van der Waals surface area contributed by atoms with Gasteiger partial charge in [0.25, 0.3) is 5.91 Å². The smallest absolute Gasteiger partial charge is 0.446 e. The third kappa shape index (κ3) is 4.82. The van der Waals surface area contributed by atoms with Gasteiger partial charge >= 0.3 is 11.5 Å². The van der Waals surface area contributed by atoms with Gasteiger partial charge in [-0.3, -0.25) is 9.59 Å². The monoisotopic (exact) mass is 293 g/mol. The molecule has 0 saturated carbocycles. The number of benzene rings is 1. The molecule has 4 nitrogen and oxygen atoms in total. The van der Waals surface area contributed by atoms with Gasteiger partial charge in [0.05, 0.1) is 5.56 Å².